The number of hydrogen-bond acceptors (Lipinski definition) is 6. The molecule has 7 heteroatoms. The molecular formula is C20H22N2O3S2. The van der Waals surface area contributed by atoms with Crippen molar-refractivity contribution in [3.05, 3.63) is 69.8 Å². The summed E-state index contributed by atoms with van der Waals surface area (Å²) >= 11 is 3.15. The Hall–Kier alpha value is -2.60. The molecule has 0 saturated carbocycles. The van der Waals surface area contributed by atoms with Crippen LogP contribution < -0.4 is 4.90 Å². The van der Waals surface area contributed by atoms with E-state index in [1.165, 1.54) is 16.2 Å². The topological polar surface area (TPSA) is 62.7 Å². The van der Waals surface area contributed by atoms with E-state index in [0.29, 0.717) is 25.5 Å². The number of rotatable bonds is 11. The molecule has 0 radical (unpaired) electrons. The van der Waals surface area contributed by atoms with Gasteiger partial charge in [0.05, 0.1) is 25.3 Å². The summed E-state index contributed by atoms with van der Waals surface area (Å²) < 4.78 is 5.33. The SMILES string of the molecule is C=CC(=C=C/C=C/c1csc(N(CCC(=O)O)Cc2cccs2)n1)OCC. The number of nitrogens with zero attached hydrogens (tertiary/aromatic N) is 2. The normalized spacial score (nSPS) is 10.4. The summed E-state index contributed by atoms with van der Waals surface area (Å²) in [5.74, 6) is -0.219. The van der Waals surface area contributed by atoms with Crippen LogP contribution in [0.1, 0.15) is 23.9 Å². The molecule has 0 bridgehead atoms. The highest BCUT2D eigenvalue weighted by atomic mass is 32.1. The lowest BCUT2D eigenvalue weighted by Crippen LogP contribution is -2.25. The van der Waals surface area contributed by atoms with Gasteiger partial charge in [-0.3, -0.25) is 4.79 Å². The van der Waals surface area contributed by atoms with Gasteiger partial charge in [-0.05, 0) is 36.6 Å². The maximum absolute atomic E-state index is 11.0. The number of carboxylic acids is 1. The molecule has 2 aromatic heterocycles. The Morgan fingerprint density at radius 1 is 1.48 bits per heavy atom. The van der Waals surface area contributed by atoms with Gasteiger partial charge in [0.25, 0.3) is 0 Å². The fourth-order valence-corrected chi connectivity index (χ4v) is 3.69. The van der Waals surface area contributed by atoms with Gasteiger partial charge in [-0.2, -0.15) is 0 Å². The van der Waals surface area contributed by atoms with E-state index < -0.39 is 5.97 Å². The van der Waals surface area contributed by atoms with E-state index in [2.05, 4.69) is 17.3 Å². The van der Waals surface area contributed by atoms with Crippen LogP contribution in [0, 0.1) is 0 Å². The molecule has 0 saturated heterocycles. The number of thiazole rings is 1. The maximum atomic E-state index is 11.0. The van der Waals surface area contributed by atoms with Crippen molar-refractivity contribution in [1.29, 1.82) is 0 Å². The standard InChI is InChI=1S/C20H22N2O3S2/c1-3-17(25-4-2)9-6-5-8-16-15-27-20(21-16)22(12-11-19(23)24)14-18-10-7-13-26-18/h3,5-8,10,13,15H,1,4,11-12,14H2,2H3,(H,23,24)/b8-5+. The molecule has 0 atom stereocenters. The second-order valence-corrected chi connectivity index (χ2v) is 7.24. The number of carboxylic acid groups (broad SMARTS) is 1. The molecule has 0 unspecified atom stereocenters. The van der Waals surface area contributed by atoms with Gasteiger partial charge in [0, 0.05) is 16.8 Å². The third-order valence-electron chi connectivity index (χ3n) is 3.38. The van der Waals surface area contributed by atoms with Crippen molar-refractivity contribution < 1.29 is 14.6 Å². The van der Waals surface area contributed by atoms with Gasteiger partial charge < -0.3 is 14.7 Å². The number of hydrogen-bond donors (Lipinski definition) is 1. The van der Waals surface area contributed by atoms with Crippen LogP contribution in [0.5, 0.6) is 0 Å². The molecule has 2 aromatic rings. The zero-order valence-corrected chi connectivity index (χ0v) is 16.8. The van der Waals surface area contributed by atoms with Crippen molar-refractivity contribution >= 4 is 39.9 Å². The third-order valence-corrected chi connectivity index (χ3v) is 5.16. The van der Waals surface area contributed by atoms with Crippen molar-refractivity contribution in [2.24, 2.45) is 0 Å². The van der Waals surface area contributed by atoms with Gasteiger partial charge in [-0.25, -0.2) is 4.98 Å². The fourth-order valence-electron chi connectivity index (χ4n) is 2.15. The Balaban J connectivity index is 2.09. The highest BCUT2D eigenvalue weighted by molar-refractivity contribution is 7.13. The van der Waals surface area contributed by atoms with E-state index >= 15 is 0 Å². The molecule has 0 aromatic carbocycles. The van der Waals surface area contributed by atoms with Crippen molar-refractivity contribution in [3.8, 4) is 0 Å². The van der Waals surface area contributed by atoms with Gasteiger partial charge in [-0.1, -0.05) is 24.5 Å². The number of ether oxygens (including phenoxy) is 1. The minimum Gasteiger partial charge on any atom is -0.486 e. The van der Waals surface area contributed by atoms with E-state index in [1.54, 1.807) is 23.5 Å². The summed E-state index contributed by atoms with van der Waals surface area (Å²) in [7, 11) is 0. The maximum Gasteiger partial charge on any atom is 0.305 e. The Morgan fingerprint density at radius 2 is 2.33 bits per heavy atom. The predicted octanol–water partition coefficient (Wildman–Crippen LogP) is 4.96. The van der Waals surface area contributed by atoms with Crippen LogP contribution >= 0.6 is 22.7 Å². The van der Waals surface area contributed by atoms with Crippen LogP contribution in [-0.4, -0.2) is 29.2 Å². The van der Waals surface area contributed by atoms with Crippen molar-refractivity contribution in [2.75, 3.05) is 18.1 Å². The predicted molar refractivity (Wildman–Crippen MR) is 112 cm³/mol. The summed E-state index contributed by atoms with van der Waals surface area (Å²) in [5, 5.41) is 13.8. The number of thiophene rings is 1. The lowest BCUT2D eigenvalue weighted by Gasteiger charge is -2.20. The lowest BCUT2D eigenvalue weighted by atomic mass is 10.3. The molecule has 2 rings (SSSR count). The Bertz CT molecular complexity index is 831. The number of aliphatic carboxylic acids is 1. The molecule has 1 N–H and O–H groups in total. The largest absolute Gasteiger partial charge is 0.486 e. The number of anilines is 1. The molecule has 0 spiro atoms. The highest BCUT2D eigenvalue weighted by Gasteiger charge is 2.13. The smallest absolute Gasteiger partial charge is 0.305 e. The van der Waals surface area contributed by atoms with Crippen molar-refractivity contribution in [2.45, 2.75) is 19.9 Å². The first kappa shape index (κ1) is 20.7. The summed E-state index contributed by atoms with van der Waals surface area (Å²) in [6.45, 7) is 7.22. The van der Waals surface area contributed by atoms with Crippen LogP contribution in [0.15, 0.2) is 59.2 Å². The molecule has 0 aliphatic rings. The van der Waals surface area contributed by atoms with Gasteiger partial charge in [0.1, 0.15) is 0 Å². The van der Waals surface area contributed by atoms with Gasteiger partial charge in [-0.15, -0.1) is 22.7 Å². The molecular weight excluding hydrogens is 380 g/mol. The summed E-state index contributed by atoms with van der Waals surface area (Å²) in [5.41, 5.74) is 3.81. The van der Waals surface area contributed by atoms with Crippen LogP contribution in [0.25, 0.3) is 6.08 Å². The Morgan fingerprint density at radius 3 is 3.00 bits per heavy atom. The lowest BCUT2D eigenvalue weighted by molar-refractivity contribution is -0.136. The number of allylic oxidation sites excluding steroid dienone is 2. The fraction of sp³-hybridized carbons (Fsp3) is 0.250. The molecule has 5 nitrogen and oxygen atoms in total. The molecule has 0 aliphatic carbocycles. The minimum absolute atomic E-state index is 0.0748. The molecule has 142 valence electrons. The first-order valence-corrected chi connectivity index (χ1v) is 10.2. The summed E-state index contributed by atoms with van der Waals surface area (Å²) in [6.07, 6.45) is 7.15. The number of aromatic nitrogens is 1. The average molecular weight is 403 g/mol. The van der Waals surface area contributed by atoms with E-state index in [-0.39, 0.29) is 6.42 Å². The molecule has 27 heavy (non-hydrogen) atoms. The van der Waals surface area contributed by atoms with Gasteiger partial charge in [0.15, 0.2) is 10.9 Å². The van der Waals surface area contributed by atoms with E-state index in [4.69, 9.17) is 9.84 Å². The quantitative estimate of drug-likeness (QED) is 0.327. The molecule has 0 aliphatic heterocycles. The van der Waals surface area contributed by atoms with Crippen molar-refractivity contribution in [3.63, 3.8) is 0 Å². The second-order valence-electron chi connectivity index (χ2n) is 5.37. The Kier molecular flexibility index (Phi) is 8.58. The minimum atomic E-state index is -0.813. The zero-order valence-electron chi connectivity index (χ0n) is 15.1. The third kappa shape index (κ3) is 7.27. The first-order valence-electron chi connectivity index (χ1n) is 8.45. The summed E-state index contributed by atoms with van der Waals surface area (Å²) in [4.78, 5) is 18.7. The zero-order chi connectivity index (χ0) is 19.5. The van der Waals surface area contributed by atoms with Gasteiger partial charge in [0.2, 0.25) is 0 Å². The van der Waals surface area contributed by atoms with Crippen LogP contribution in [0.4, 0.5) is 5.13 Å². The molecule has 0 fully saturated rings. The Labute approximate surface area is 167 Å². The van der Waals surface area contributed by atoms with Gasteiger partial charge >= 0.3 is 5.97 Å². The summed E-state index contributed by atoms with van der Waals surface area (Å²) in [6, 6.07) is 4.03. The van der Waals surface area contributed by atoms with Crippen LogP contribution in [0.2, 0.25) is 0 Å². The average Bonchev–Trinajstić information content (AvgIpc) is 3.33. The van der Waals surface area contributed by atoms with E-state index in [9.17, 15) is 4.79 Å². The number of carbonyl (C=O) groups is 1. The van der Waals surface area contributed by atoms with E-state index in [0.717, 1.165) is 10.8 Å². The first-order chi connectivity index (χ1) is 13.1. The second kappa shape index (κ2) is 11.2. The van der Waals surface area contributed by atoms with Crippen molar-refractivity contribution in [1.82, 2.24) is 4.98 Å². The molecule has 0 amide bonds. The molecule has 2 heterocycles. The van der Waals surface area contributed by atoms with Crippen LogP contribution in [0.3, 0.4) is 0 Å². The highest BCUT2D eigenvalue weighted by Crippen LogP contribution is 2.24. The van der Waals surface area contributed by atoms with E-state index in [1.807, 2.05) is 46.9 Å². The van der Waals surface area contributed by atoms with Crippen LogP contribution in [-0.2, 0) is 16.1 Å². The monoisotopic (exact) mass is 402 g/mol.